The summed E-state index contributed by atoms with van der Waals surface area (Å²) in [5.74, 6) is -1.56. The SMILES string of the molecule is CC.CC.CC.CC12CCCCC1CCC1C2CCC2(C)C1C(O)(O)CC2(O)CCCC(=O)O. The lowest BCUT2D eigenvalue weighted by molar-refractivity contribution is -0.240. The molecule has 5 nitrogen and oxygen atoms in total. The largest absolute Gasteiger partial charge is 0.481 e. The summed E-state index contributed by atoms with van der Waals surface area (Å²) in [5.41, 5.74) is -1.47. The van der Waals surface area contributed by atoms with Gasteiger partial charge in [-0.25, -0.2) is 0 Å². The Balaban J connectivity index is 0.000000894. The summed E-state index contributed by atoms with van der Waals surface area (Å²) in [6.45, 7) is 16.5. The molecular formula is C29H56O5. The fourth-order valence-corrected chi connectivity index (χ4v) is 8.53. The molecule has 0 spiro atoms. The Morgan fingerprint density at radius 1 is 0.853 bits per heavy atom. The van der Waals surface area contributed by atoms with Crippen LogP contribution in [0.1, 0.15) is 132 Å². The van der Waals surface area contributed by atoms with Gasteiger partial charge >= 0.3 is 5.97 Å². The summed E-state index contributed by atoms with van der Waals surface area (Å²) < 4.78 is 0. The fourth-order valence-electron chi connectivity index (χ4n) is 8.53. The molecule has 202 valence electrons. The van der Waals surface area contributed by atoms with Crippen LogP contribution in [0.2, 0.25) is 0 Å². The minimum Gasteiger partial charge on any atom is -0.481 e. The molecule has 0 aromatic carbocycles. The Kier molecular flexibility index (Phi) is 11.6. The predicted molar refractivity (Wildman–Crippen MR) is 139 cm³/mol. The minimum absolute atomic E-state index is 0.0126. The van der Waals surface area contributed by atoms with Gasteiger partial charge in [0.05, 0.1) is 5.60 Å². The van der Waals surface area contributed by atoms with Gasteiger partial charge in [0.1, 0.15) is 0 Å². The van der Waals surface area contributed by atoms with E-state index in [9.17, 15) is 20.1 Å². The molecule has 0 aliphatic heterocycles. The molecule has 4 N–H and O–H groups in total. The van der Waals surface area contributed by atoms with Gasteiger partial charge in [-0.2, -0.15) is 0 Å². The Bertz CT molecular complexity index is 634. The van der Waals surface area contributed by atoms with E-state index in [4.69, 9.17) is 5.11 Å². The molecule has 4 saturated carbocycles. The third kappa shape index (κ3) is 5.52. The number of rotatable bonds is 4. The summed E-state index contributed by atoms with van der Waals surface area (Å²) in [4.78, 5) is 10.9. The van der Waals surface area contributed by atoms with Crippen LogP contribution >= 0.6 is 0 Å². The summed E-state index contributed by atoms with van der Waals surface area (Å²) in [6.07, 6.45) is 9.85. The molecule has 0 bridgehead atoms. The summed E-state index contributed by atoms with van der Waals surface area (Å²) >= 11 is 0. The van der Waals surface area contributed by atoms with E-state index in [1.165, 1.54) is 25.7 Å². The Morgan fingerprint density at radius 2 is 1.47 bits per heavy atom. The van der Waals surface area contributed by atoms with E-state index >= 15 is 0 Å². The van der Waals surface area contributed by atoms with E-state index < -0.39 is 22.8 Å². The molecule has 4 aliphatic carbocycles. The first kappa shape index (κ1) is 31.4. The Morgan fingerprint density at radius 3 is 2.06 bits per heavy atom. The van der Waals surface area contributed by atoms with Crippen molar-refractivity contribution >= 4 is 5.97 Å². The number of hydrogen-bond donors (Lipinski definition) is 4. The lowest BCUT2D eigenvalue weighted by Gasteiger charge is -2.61. The second-order valence-electron chi connectivity index (χ2n) is 11.1. The Hall–Kier alpha value is -0.650. The van der Waals surface area contributed by atoms with Crippen molar-refractivity contribution in [2.45, 2.75) is 144 Å². The highest BCUT2D eigenvalue weighted by atomic mass is 16.5. The molecule has 0 saturated heterocycles. The van der Waals surface area contributed by atoms with Crippen LogP contribution < -0.4 is 0 Å². The van der Waals surface area contributed by atoms with Crippen molar-refractivity contribution in [3.05, 3.63) is 0 Å². The monoisotopic (exact) mass is 484 g/mol. The van der Waals surface area contributed by atoms with Crippen molar-refractivity contribution in [3.8, 4) is 0 Å². The molecule has 0 aromatic rings. The van der Waals surface area contributed by atoms with Gasteiger partial charge in [0.25, 0.3) is 0 Å². The normalized spacial score (nSPS) is 41.5. The van der Waals surface area contributed by atoms with Crippen LogP contribution in [-0.4, -0.2) is 37.8 Å². The molecule has 0 aromatic heterocycles. The lowest BCUT2D eigenvalue weighted by Crippen LogP contribution is -2.58. The molecule has 4 rings (SSSR count). The number of fused-ring (bicyclic) bond motifs is 5. The average Bonchev–Trinajstić information content (AvgIpc) is 2.98. The van der Waals surface area contributed by atoms with Crippen molar-refractivity contribution in [1.82, 2.24) is 0 Å². The molecule has 0 amide bonds. The Labute approximate surface area is 209 Å². The van der Waals surface area contributed by atoms with Crippen molar-refractivity contribution < 1.29 is 25.2 Å². The molecule has 0 heterocycles. The second kappa shape index (κ2) is 12.5. The standard InChI is InChI=1S/C23H38O5.3C2H6/c1-20-11-4-3-6-15(20)8-9-16-17(20)10-13-21(2)19(16)23(27,28)14-22(21,26)12-5-7-18(24)25;3*1-2/h15-17,19,26-28H,3-14H2,1-2H3,(H,24,25);3*1-2H3. The zero-order chi connectivity index (χ0) is 26.4. The maximum atomic E-state index is 11.6. The number of carboxylic acid groups (broad SMARTS) is 1. The highest BCUT2D eigenvalue weighted by Gasteiger charge is 2.71. The predicted octanol–water partition coefficient (Wildman–Crippen LogP) is 6.77. The van der Waals surface area contributed by atoms with Gasteiger partial charge in [0.2, 0.25) is 0 Å². The van der Waals surface area contributed by atoms with Gasteiger partial charge < -0.3 is 20.4 Å². The van der Waals surface area contributed by atoms with Crippen molar-refractivity contribution in [1.29, 1.82) is 0 Å². The van der Waals surface area contributed by atoms with Crippen LogP contribution in [0.3, 0.4) is 0 Å². The highest BCUT2D eigenvalue weighted by Crippen LogP contribution is 2.70. The van der Waals surface area contributed by atoms with E-state index in [0.29, 0.717) is 24.2 Å². The smallest absolute Gasteiger partial charge is 0.303 e. The molecule has 0 radical (unpaired) electrons. The lowest BCUT2D eigenvalue weighted by atomic mass is 9.44. The van der Waals surface area contributed by atoms with Gasteiger partial charge in [0.15, 0.2) is 5.79 Å². The molecular weight excluding hydrogens is 428 g/mol. The first-order valence-electron chi connectivity index (χ1n) is 14.4. The molecule has 7 atom stereocenters. The third-order valence-electron chi connectivity index (χ3n) is 9.85. The summed E-state index contributed by atoms with van der Waals surface area (Å²) in [5, 5.41) is 42.7. The van der Waals surface area contributed by atoms with Gasteiger partial charge in [-0.05, 0) is 74.5 Å². The van der Waals surface area contributed by atoms with Crippen LogP contribution in [0.15, 0.2) is 0 Å². The number of carboxylic acids is 1. The minimum atomic E-state index is -1.87. The number of hydrogen-bond acceptors (Lipinski definition) is 4. The first-order chi connectivity index (χ1) is 16.0. The van der Waals surface area contributed by atoms with Gasteiger partial charge in [-0.15, -0.1) is 0 Å². The van der Waals surface area contributed by atoms with E-state index in [1.807, 2.05) is 48.5 Å². The molecule has 4 aliphatic rings. The van der Waals surface area contributed by atoms with Crippen molar-refractivity contribution in [2.24, 2.45) is 34.5 Å². The van der Waals surface area contributed by atoms with Crippen LogP contribution in [0.4, 0.5) is 0 Å². The van der Waals surface area contributed by atoms with Crippen molar-refractivity contribution in [2.75, 3.05) is 0 Å². The number of aliphatic carboxylic acids is 1. The van der Waals surface area contributed by atoms with E-state index in [-0.39, 0.29) is 24.7 Å². The molecule has 5 heteroatoms. The first-order valence-corrected chi connectivity index (χ1v) is 14.4. The highest BCUT2D eigenvalue weighted by molar-refractivity contribution is 5.66. The summed E-state index contributed by atoms with van der Waals surface area (Å²) in [6, 6.07) is 0. The van der Waals surface area contributed by atoms with E-state index in [1.54, 1.807) is 0 Å². The topological polar surface area (TPSA) is 98.0 Å². The van der Waals surface area contributed by atoms with Gasteiger partial charge in [0, 0.05) is 24.2 Å². The van der Waals surface area contributed by atoms with Crippen LogP contribution in [0, 0.1) is 34.5 Å². The maximum Gasteiger partial charge on any atom is 0.303 e. The number of aliphatic hydroxyl groups is 3. The van der Waals surface area contributed by atoms with E-state index in [0.717, 1.165) is 31.6 Å². The van der Waals surface area contributed by atoms with E-state index in [2.05, 4.69) is 6.92 Å². The molecule has 7 unspecified atom stereocenters. The fraction of sp³-hybridized carbons (Fsp3) is 0.966. The summed E-state index contributed by atoms with van der Waals surface area (Å²) in [7, 11) is 0. The zero-order valence-electron chi connectivity index (χ0n) is 23.5. The molecule has 34 heavy (non-hydrogen) atoms. The van der Waals surface area contributed by atoms with Crippen LogP contribution in [0.25, 0.3) is 0 Å². The quantitative estimate of drug-likeness (QED) is 0.330. The van der Waals surface area contributed by atoms with Gasteiger partial charge in [-0.1, -0.05) is 68.2 Å². The van der Waals surface area contributed by atoms with Crippen LogP contribution in [0.5, 0.6) is 0 Å². The van der Waals surface area contributed by atoms with Crippen molar-refractivity contribution in [3.63, 3.8) is 0 Å². The van der Waals surface area contributed by atoms with Gasteiger partial charge in [-0.3, -0.25) is 4.79 Å². The molecule has 4 fully saturated rings. The van der Waals surface area contributed by atoms with Crippen LogP contribution in [-0.2, 0) is 4.79 Å². The third-order valence-corrected chi connectivity index (χ3v) is 9.85. The second-order valence-corrected chi connectivity index (χ2v) is 11.1. The zero-order valence-corrected chi connectivity index (χ0v) is 23.5. The average molecular weight is 485 g/mol. The number of carbonyl (C=O) groups is 1. The maximum absolute atomic E-state index is 11.6.